The van der Waals surface area contributed by atoms with Gasteiger partial charge >= 0.3 is 0 Å². The van der Waals surface area contributed by atoms with E-state index in [1.165, 1.54) is 51.4 Å². The van der Waals surface area contributed by atoms with Gasteiger partial charge < -0.3 is 4.74 Å². The van der Waals surface area contributed by atoms with E-state index < -0.39 is 0 Å². The summed E-state index contributed by atoms with van der Waals surface area (Å²) < 4.78 is 5.53. The summed E-state index contributed by atoms with van der Waals surface area (Å²) in [7, 11) is 0. The van der Waals surface area contributed by atoms with Crippen LogP contribution in [0.25, 0.3) is 0 Å². The van der Waals surface area contributed by atoms with Crippen LogP contribution in [-0.2, 0) is 30.6 Å². The minimum atomic E-state index is 0. The quantitative estimate of drug-likeness (QED) is 0.418. The Morgan fingerprint density at radius 1 is 0.643 bits per heavy atom. The molecule has 0 saturated carbocycles. The van der Waals surface area contributed by atoms with Crippen molar-refractivity contribution >= 4 is 0 Å². The average molecular weight is 365 g/mol. The molecule has 84 valence electrons. The van der Waals surface area contributed by atoms with E-state index in [0.717, 1.165) is 13.2 Å². The molecule has 0 spiro atoms. The van der Waals surface area contributed by atoms with Crippen LogP contribution in [0.1, 0.15) is 65.2 Å². The molecular formula is C12H26HfO. The van der Waals surface area contributed by atoms with Crippen molar-refractivity contribution < 1.29 is 30.6 Å². The molecule has 0 aromatic heterocycles. The van der Waals surface area contributed by atoms with Gasteiger partial charge in [-0.05, 0) is 12.8 Å². The van der Waals surface area contributed by atoms with Crippen LogP contribution in [0.4, 0.5) is 0 Å². The second-order valence-corrected chi connectivity index (χ2v) is 3.73. The van der Waals surface area contributed by atoms with Gasteiger partial charge in [-0.1, -0.05) is 52.4 Å². The van der Waals surface area contributed by atoms with Crippen molar-refractivity contribution in [1.29, 1.82) is 0 Å². The Morgan fingerprint density at radius 3 is 1.43 bits per heavy atom. The van der Waals surface area contributed by atoms with Crippen LogP contribution in [0.5, 0.6) is 0 Å². The first-order chi connectivity index (χ1) is 6.41. The maximum absolute atomic E-state index is 5.53. The van der Waals surface area contributed by atoms with E-state index in [-0.39, 0.29) is 25.8 Å². The van der Waals surface area contributed by atoms with Gasteiger partial charge in [0.05, 0.1) is 0 Å². The third kappa shape index (κ3) is 15.3. The molecule has 0 bridgehead atoms. The van der Waals surface area contributed by atoms with Crippen molar-refractivity contribution in [2.75, 3.05) is 13.2 Å². The van der Waals surface area contributed by atoms with Crippen molar-refractivity contribution in [3.05, 3.63) is 0 Å². The fourth-order valence-electron chi connectivity index (χ4n) is 1.36. The summed E-state index contributed by atoms with van der Waals surface area (Å²) in [5, 5.41) is 0. The van der Waals surface area contributed by atoms with Gasteiger partial charge in [0.1, 0.15) is 0 Å². The Balaban J connectivity index is 0. The summed E-state index contributed by atoms with van der Waals surface area (Å²) in [5.41, 5.74) is 0. The number of hydrogen-bond acceptors (Lipinski definition) is 1. The number of hydrogen-bond donors (Lipinski definition) is 0. The van der Waals surface area contributed by atoms with Crippen LogP contribution < -0.4 is 0 Å². The smallest absolute Gasteiger partial charge is 0.0466 e. The average Bonchev–Trinajstić information content (AvgIpc) is 2.16. The van der Waals surface area contributed by atoms with Gasteiger partial charge in [-0.25, -0.2) is 0 Å². The van der Waals surface area contributed by atoms with Crippen LogP contribution in [-0.4, -0.2) is 13.2 Å². The zero-order valence-electron chi connectivity index (χ0n) is 9.98. The fourth-order valence-corrected chi connectivity index (χ4v) is 1.36. The minimum absolute atomic E-state index is 0. The van der Waals surface area contributed by atoms with Gasteiger partial charge in [0.15, 0.2) is 0 Å². The molecule has 0 aromatic rings. The van der Waals surface area contributed by atoms with E-state index in [1.54, 1.807) is 0 Å². The second-order valence-electron chi connectivity index (χ2n) is 3.73. The van der Waals surface area contributed by atoms with Crippen molar-refractivity contribution in [2.45, 2.75) is 65.2 Å². The molecule has 0 fully saturated rings. The van der Waals surface area contributed by atoms with Gasteiger partial charge in [-0.3, -0.25) is 0 Å². The monoisotopic (exact) mass is 366 g/mol. The molecule has 0 unspecified atom stereocenters. The molecule has 0 aromatic carbocycles. The molecule has 0 amide bonds. The zero-order chi connectivity index (χ0) is 9.78. The predicted molar refractivity (Wildman–Crippen MR) is 59.1 cm³/mol. The Bertz CT molecular complexity index is 76.4. The Labute approximate surface area is 109 Å². The maximum Gasteiger partial charge on any atom is 0.0466 e. The molecular weight excluding hydrogens is 339 g/mol. The van der Waals surface area contributed by atoms with E-state index in [0.29, 0.717) is 0 Å². The van der Waals surface area contributed by atoms with E-state index >= 15 is 0 Å². The summed E-state index contributed by atoms with van der Waals surface area (Å²) in [4.78, 5) is 0. The summed E-state index contributed by atoms with van der Waals surface area (Å²) >= 11 is 0. The largest absolute Gasteiger partial charge is 0.381 e. The van der Waals surface area contributed by atoms with Crippen LogP contribution in [0.3, 0.4) is 0 Å². The first-order valence-electron chi connectivity index (χ1n) is 5.99. The number of rotatable bonds is 10. The van der Waals surface area contributed by atoms with Crippen molar-refractivity contribution in [3.63, 3.8) is 0 Å². The Kier molecular flexibility index (Phi) is 20.0. The Morgan fingerprint density at radius 2 is 1.07 bits per heavy atom. The first-order valence-corrected chi connectivity index (χ1v) is 5.99. The normalized spacial score (nSPS) is 9.86. The number of ether oxygens (including phenoxy) is 1. The molecule has 0 saturated heterocycles. The van der Waals surface area contributed by atoms with Crippen LogP contribution in [0.2, 0.25) is 0 Å². The first kappa shape index (κ1) is 17.2. The van der Waals surface area contributed by atoms with Crippen LogP contribution in [0, 0.1) is 0 Å². The van der Waals surface area contributed by atoms with E-state index in [1.807, 2.05) is 0 Å². The fraction of sp³-hybridized carbons (Fsp3) is 1.00. The molecule has 0 aliphatic heterocycles. The summed E-state index contributed by atoms with van der Waals surface area (Å²) in [6, 6.07) is 0. The van der Waals surface area contributed by atoms with E-state index in [4.69, 9.17) is 4.74 Å². The van der Waals surface area contributed by atoms with Gasteiger partial charge in [-0.2, -0.15) is 0 Å². The molecule has 0 atom stereocenters. The zero-order valence-corrected chi connectivity index (χ0v) is 13.6. The SMILES string of the molecule is CCCCCCOCCCCCC.[Hf]. The predicted octanol–water partition coefficient (Wildman–Crippen LogP) is 4.16. The van der Waals surface area contributed by atoms with Crippen molar-refractivity contribution in [2.24, 2.45) is 0 Å². The van der Waals surface area contributed by atoms with Gasteiger partial charge in [0.2, 0.25) is 0 Å². The molecule has 2 heteroatoms. The standard InChI is InChI=1S/C12H26O.Hf/c1-3-5-7-9-11-13-12-10-8-6-4-2;/h3-12H2,1-2H3;. The third-order valence-electron chi connectivity index (χ3n) is 2.28. The molecule has 0 aliphatic rings. The second kappa shape index (κ2) is 16.3. The van der Waals surface area contributed by atoms with Gasteiger partial charge in [-0.15, -0.1) is 0 Å². The Hall–Kier alpha value is 0.830. The molecule has 0 heterocycles. The summed E-state index contributed by atoms with van der Waals surface area (Å²) in [6.45, 7) is 6.44. The topological polar surface area (TPSA) is 9.23 Å². The maximum atomic E-state index is 5.53. The summed E-state index contributed by atoms with van der Waals surface area (Å²) in [6.07, 6.45) is 10.5. The van der Waals surface area contributed by atoms with E-state index in [2.05, 4.69) is 13.8 Å². The van der Waals surface area contributed by atoms with E-state index in [9.17, 15) is 0 Å². The van der Waals surface area contributed by atoms with Crippen LogP contribution in [0.15, 0.2) is 0 Å². The van der Waals surface area contributed by atoms with Gasteiger partial charge in [0.25, 0.3) is 0 Å². The summed E-state index contributed by atoms with van der Waals surface area (Å²) in [5.74, 6) is 0. The molecule has 0 rings (SSSR count). The van der Waals surface area contributed by atoms with Crippen molar-refractivity contribution in [1.82, 2.24) is 0 Å². The minimum Gasteiger partial charge on any atom is -0.381 e. The van der Waals surface area contributed by atoms with Crippen molar-refractivity contribution in [3.8, 4) is 0 Å². The molecule has 0 aliphatic carbocycles. The van der Waals surface area contributed by atoms with Crippen LogP contribution >= 0.6 is 0 Å². The molecule has 14 heavy (non-hydrogen) atoms. The molecule has 0 radical (unpaired) electrons. The molecule has 1 nitrogen and oxygen atoms in total. The molecule has 0 N–H and O–H groups in total. The van der Waals surface area contributed by atoms with Gasteiger partial charge in [0, 0.05) is 39.1 Å². The third-order valence-corrected chi connectivity index (χ3v) is 2.28. The number of unbranched alkanes of at least 4 members (excludes halogenated alkanes) is 6.